The van der Waals surface area contributed by atoms with Gasteiger partial charge in [-0.15, -0.1) is 11.8 Å². The largest absolute Gasteiger partial charge is 0.507 e. The Labute approximate surface area is 197 Å². The molecular weight excluding hydrogens is 447 g/mol. The van der Waals surface area contributed by atoms with Crippen LogP contribution in [0.4, 0.5) is 13.2 Å². The van der Waals surface area contributed by atoms with Crippen molar-refractivity contribution in [1.29, 1.82) is 0 Å². The molecule has 2 saturated heterocycles. The van der Waals surface area contributed by atoms with Crippen molar-refractivity contribution in [2.45, 2.75) is 50.5 Å². The molecule has 4 rings (SSSR count). The molecule has 33 heavy (non-hydrogen) atoms. The number of rotatable bonds is 3. The Hall–Kier alpha value is -2.19. The number of hydrogen-bond donors (Lipinski definition) is 2. The molecule has 1 aromatic carbocycles. The lowest BCUT2D eigenvalue weighted by molar-refractivity contribution is -0.137. The molecule has 4 nitrogen and oxygen atoms in total. The summed E-state index contributed by atoms with van der Waals surface area (Å²) in [7, 11) is 2.11. The number of thioether (sulfide) groups is 1. The van der Waals surface area contributed by atoms with Crippen molar-refractivity contribution in [3.63, 3.8) is 0 Å². The maximum absolute atomic E-state index is 13.1. The first-order valence-corrected chi connectivity index (χ1v) is 12.2. The zero-order valence-electron chi connectivity index (χ0n) is 19.2. The second-order valence-electron chi connectivity index (χ2n) is 9.35. The Morgan fingerprint density at radius 1 is 1.21 bits per heavy atom. The van der Waals surface area contributed by atoms with E-state index in [9.17, 15) is 18.3 Å². The Morgan fingerprint density at radius 2 is 2.00 bits per heavy atom. The van der Waals surface area contributed by atoms with Crippen molar-refractivity contribution >= 4 is 23.5 Å². The molecule has 3 heterocycles. The summed E-state index contributed by atoms with van der Waals surface area (Å²) >= 11 is 1.78. The highest BCUT2D eigenvalue weighted by molar-refractivity contribution is 8.01. The van der Waals surface area contributed by atoms with E-state index in [4.69, 9.17) is 4.99 Å². The van der Waals surface area contributed by atoms with Gasteiger partial charge in [-0.05, 0) is 82.0 Å². The van der Waals surface area contributed by atoms with Crippen LogP contribution in [0.15, 0.2) is 51.9 Å². The first kappa shape index (κ1) is 24.0. The van der Waals surface area contributed by atoms with Crippen LogP contribution in [0.1, 0.15) is 50.7 Å². The Morgan fingerprint density at radius 3 is 2.70 bits per heavy atom. The van der Waals surface area contributed by atoms with Crippen LogP contribution in [0, 0.1) is 0 Å². The minimum Gasteiger partial charge on any atom is -0.507 e. The average Bonchev–Trinajstić information content (AvgIpc) is 3.02. The molecule has 0 radical (unpaired) electrons. The highest BCUT2D eigenvalue weighted by Crippen LogP contribution is 2.51. The number of piperidine rings is 1. The number of benzene rings is 1. The summed E-state index contributed by atoms with van der Waals surface area (Å²) in [5.41, 5.74) is 3.95. The summed E-state index contributed by atoms with van der Waals surface area (Å²) in [6.45, 7) is 6.27. The molecule has 0 saturated carbocycles. The van der Waals surface area contributed by atoms with Crippen molar-refractivity contribution < 1.29 is 18.3 Å². The van der Waals surface area contributed by atoms with E-state index in [0.717, 1.165) is 66.4 Å². The summed E-state index contributed by atoms with van der Waals surface area (Å²) in [6.07, 6.45) is 2.84. The number of allylic oxidation sites excluding steroid dienone is 1. The Bertz CT molecular complexity index is 1050. The van der Waals surface area contributed by atoms with Gasteiger partial charge < -0.3 is 15.3 Å². The van der Waals surface area contributed by atoms with Gasteiger partial charge in [0.25, 0.3) is 0 Å². The van der Waals surface area contributed by atoms with Crippen molar-refractivity contribution in [1.82, 2.24) is 10.2 Å². The van der Waals surface area contributed by atoms with Crippen LogP contribution in [-0.4, -0.2) is 46.9 Å². The van der Waals surface area contributed by atoms with Gasteiger partial charge in [0, 0.05) is 40.6 Å². The minimum atomic E-state index is -4.49. The van der Waals surface area contributed by atoms with Gasteiger partial charge in [0.05, 0.1) is 5.56 Å². The van der Waals surface area contributed by atoms with Gasteiger partial charge >= 0.3 is 6.18 Å². The summed E-state index contributed by atoms with van der Waals surface area (Å²) in [5.74, 6) is 1.20. The van der Waals surface area contributed by atoms with Crippen LogP contribution in [0.2, 0.25) is 0 Å². The van der Waals surface area contributed by atoms with E-state index in [0.29, 0.717) is 18.4 Å². The predicted octanol–water partition coefficient (Wildman–Crippen LogP) is 5.97. The molecule has 8 heteroatoms. The van der Waals surface area contributed by atoms with Gasteiger partial charge in [-0.25, -0.2) is 4.99 Å². The predicted molar refractivity (Wildman–Crippen MR) is 129 cm³/mol. The molecule has 1 aromatic rings. The zero-order valence-corrected chi connectivity index (χ0v) is 20.0. The topological polar surface area (TPSA) is 47.9 Å². The molecule has 0 amide bonds. The number of hydrogen-bond acceptors (Lipinski definition) is 5. The van der Waals surface area contributed by atoms with Gasteiger partial charge in [-0.2, -0.15) is 13.2 Å². The number of likely N-dealkylation sites (tertiary alicyclic amines) is 1. The van der Waals surface area contributed by atoms with Crippen LogP contribution in [0.5, 0.6) is 5.75 Å². The van der Waals surface area contributed by atoms with Crippen LogP contribution in [0.3, 0.4) is 0 Å². The third-order valence-corrected chi connectivity index (χ3v) is 7.75. The van der Waals surface area contributed by atoms with Crippen LogP contribution in [-0.2, 0) is 6.18 Å². The van der Waals surface area contributed by atoms with Gasteiger partial charge in [-0.3, -0.25) is 0 Å². The molecule has 0 spiro atoms. The van der Waals surface area contributed by atoms with E-state index in [-0.39, 0.29) is 10.5 Å². The number of halogens is 3. The quantitative estimate of drug-likeness (QED) is 0.564. The highest BCUT2D eigenvalue weighted by atomic mass is 32.2. The van der Waals surface area contributed by atoms with E-state index < -0.39 is 11.7 Å². The lowest BCUT2D eigenvalue weighted by Crippen LogP contribution is -2.28. The fourth-order valence-corrected chi connectivity index (χ4v) is 5.96. The average molecular weight is 478 g/mol. The minimum absolute atomic E-state index is 0.252. The third-order valence-electron chi connectivity index (χ3n) is 6.39. The van der Waals surface area contributed by atoms with Crippen molar-refractivity contribution in [2.75, 3.05) is 25.9 Å². The maximum Gasteiger partial charge on any atom is 0.416 e. The maximum atomic E-state index is 13.1. The third kappa shape index (κ3) is 5.17. The standard InChI is InChI=1S/C25H30F3N3OS/c1-24(2)22-19(18-9-8-17(12-21(18)32)25(26,27)28)7-4-10-29-23(20(22)15-33-24)30-13-16-6-5-11-31(3)14-16/h8-10,12-13,30,32H,4-7,11,14-15H2,1-3H3/b16-13+,22-19-,23-20?,29-10?. The molecule has 3 aliphatic rings. The SMILES string of the molecule is CN1CCC/C(=C\NC2=C3CSC(C)(C)/C3=C(\c3ccc(C(F)(F)F)cc3O)CCC=N2)C1. The van der Waals surface area contributed by atoms with E-state index in [1.807, 2.05) is 6.21 Å². The number of alkyl halides is 3. The van der Waals surface area contributed by atoms with E-state index in [2.05, 4.69) is 37.3 Å². The molecule has 178 valence electrons. The van der Waals surface area contributed by atoms with E-state index >= 15 is 0 Å². The van der Waals surface area contributed by atoms with Crippen molar-refractivity contribution in [2.24, 2.45) is 4.99 Å². The number of nitrogens with one attached hydrogen (secondary N) is 1. The number of fused-ring (bicyclic) bond motifs is 1. The molecular formula is C25H30F3N3OS. The number of aromatic hydroxyl groups is 1. The van der Waals surface area contributed by atoms with Crippen LogP contribution >= 0.6 is 11.8 Å². The fourth-order valence-electron chi connectivity index (χ4n) is 4.79. The molecule has 0 aliphatic carbocycles. The van der Waals surface area contributed by atoms with Gasteiger partial charge in [0.2, 0.25) is 0 Å². The number of likely N-dealkylation sites (N-methyl/N-ethyl adjacent to an activating group) is 1. The molecule has 2 N–H and O–H groups in total. The monoisotopic (exact) mass is 477 g/mol. The summed E-state index contributed by atoms with van der Waals surface area (Å²) in [6, 6.07) is 3.29. The van der Waals surface area contributed by atoms with Gasteiger partial charge in [0.1, 0.15) is 11.6 Å². The van der Waals surface area contributed by atoms with Crippen LogP contribution in [0.25, 0.3) is 5.57 Å². The normalized spacial score (nSPS) is 25.2. The smallest absolute Gasteiger partial charge is 0.416 e. The number of aliphatic imine (C=N–C) groups is 1. The molecule has 0 aromatic heterocycles. The number of phenols is 1. The molecule has 3 aliphatic heterocycles. The van der Waals surface area contributed by atoms with E-state index in [1.54, 1.807) is 11.8 Å². The van der Waals surface area contributed by atoms with Crippen LogP contribution < -0.4 is 5.32 Å². The summed E-state index contributed by atoms with van der Waals surface area (Å²) < 4.78 is 39.2. The fraction of sp³-hybridized carbons (Fsp3) is 0.480. The Kier molecular flexibility index (Phi) is 6.69. The summed E-state index contributed by atoms with van der Waals surface area (Å²) in [5, 5.41) is 14.0. The second-order valence-corrected chi connectivity index (χ2v) is 10.9. The molecule has 2 fully saturated rings. The Balaban J connectivity index is 1.79. The lowest BCUT2D eigenvalue weighted by atomic mass is 9.84. The second kappa shape index (κ2) is 9.22. The van der Waals surface area contributed by atoms with Crippen molar-refractivity contribution in [3.05, 3.63) is 58.1 Å². The molecule has 0 unspecified atom stereocenters. The highest BCUT2D eigenvalue weighted by Gasteiger charge is 2.39. The lowest BCUT2D eigenvalue weighted by Gasteiger charge is -2.26. The van der Waals surface area contributed by atoms with Gasteiger partial charge in [0.15, 0.2) is 0 Å². The number of nitrogens with zero attached hydrogens (tertiary/aromatic N) is 2. The van der Waals surface area contributed by atoms with Crippen molar-refractivity contribution in [3.8, 4) is 5.75 Å². The first-order valence-electron chi connectivity index (χ1n) is 11.2. The molecule has 0 atom stereocenters. The first-order chi connectivity index (χ1) is 15.6. The number of phenolic OH excluding ortho intramolecular Hbond substituents is 1. The summed E-state index contributed by atoms with van der Waals surface area (Å²) in [4.78, 5) is 7.01. The zero-order chi connectivity index (χ0) is 23.8. The molecule has 0 bridgehead atoms. The van der Waals surface area contributed by atoms with Gasteiger partial charge in [-0.1, -0.05) is 6.07 Å². The van der Waals surface area contributed by atoms with E-state index in [1.165, 1.54) is 11.6 Å².